The molecule has 110 valence electrons. The van der Waals surface area contributed by atoms with E-state index in [-0.39, 0.29) is 23.7 Å². The molecule has 0 radical (unpaired) electrons. The molecular weight excluding hydrogens is 257 g/mol. The van der Waals surface area contributed by atoms with Gasteiger partial charge in [0.25, 0.3) is 0 Å². The number of benzene rings is 1. The van der Waals surface area contributed by atoms with E-state index >= 15 is 0 Å². The minimum absolute atomic E-state index is 0.0802. The highest BCUT2D eigenvalue weighted by Gasteiger charge is 2.33. The maximum absolute atomic E-state index is 13.0. The average Bonchev–Trinajstić information content (AvgIpc) is 2.38. The summed E-state index contributed by atoms with van der Waals surface area (Å²) in [5.74, 6) is 0.130. The summed E-state index contributed by atoms with van der Waals surface area (Å²) in [7, 11) is 0. The Balaban J connectivity index is 1.73. The Morgan fingerprint density at radius 1 is 1.40 bits per heavy atom. The van der Waals surface area contributed by atoms with Crippen LogP contribution in [0.15, 0.2) is 24.3 Å². The number of hydrogen-bond donors (Lipinski definition) is 0. The number of hydrogen-bond acceptors (Lipinski definition) is 2. The maximum Gasteiger partial charge on any atom is 0.225 e. The number of carbonyl (C=O) groups excluding carboxylic acids is 1. The number of halogens is 1. The topological polar surface area (TPSA) is 29.5 Å². The first-order valence-corrected chi connectivity index (χ1v) is 7.28. The van der Waals surface area contributed by atoms with E-state index in [0.29, 0.717) is 19.7 Å². The maximum atomic E-state index is 13.0. The standard InChI is InChI=1S/C16H22FNO2/c1-3-13(4-2)16(19)18-9-15(10-18)20-11-12-6-5-7-14(17)8-12/h5-8,13,15H,3-4,9-11H2,1-2H3. The Kier molecular flexibility index (Phi) is 5.12. The van der Waals surface area contributed by atoms with E-state index < -0.39 is 0 Å². The van der Waals surface area contributed by atoms with Crippen molar-refractivity contribution < 1.29 is 13.9 Å². The van der Waals surface area contributed by atoms with E-state index in [1.165, 1.54) is 12.1 Å². The summed E-state index contributed by atoms with van der Waals surface area (Å²) in [4.78, 5) is 13.9. The number of rotatable bonds is 6. The second-order valence-electron chi connectivity index (χ2n) is 5.32. The summed E-state index contributed by atoms with van der Waals surface area (Å²) in [5, 5.41) is 0. The molecule has 1 aromatic carbocycles. The van der Waals surface area contributed by atoms with Gasteiger partial charge in [0.1, 0.15) is 5.82 Å². The Hall–Kier alpha value is -1.42. The zero-order valence-corrected chi connectivity index (χ0v) is 12.1. The quantitative estimate of drug-likeness (QED) is 0.801. The monoisotopic (exact) mass is 279 g/mol. The van der Waals surface area contributed by atoms with Gasteiger partial charge in [0, 0.05) is 19.0 Å². The second-order valence-corrected chi connectivity index (χ2v) is 5.32. The molecule has 1 saturated heterocycles. The minimum Gasteiger partial charge on any atom is -0.370 e. The first kappa shape index (κ1) is 15.0. The Morgan fingerprint density at radius 3 is 2.70 bits per heavy atom. The summed E-state index contributed by atoms with van der Waals surface area (Å²) in [5.41, 5.74) is 0.828. The molecule has 0 aromatic heterocycles. The molecule has 4 heteroatoms. The predicted molar refractivity (Wildman–Crippen MR) is 75.6 cm³/mol. The number of amides is 1. The first-order valence-electron chi connectivity index (χ1n) is 7.28. The zero-order valence-electron chi connectivity index (χ0n) is 12.1. The van der Waals surface area contributed by atoms with Gasteiger partial charge in [-0.1, -0.05) is 26.0 Å². The fraction of sp³-hybridized carbons (Fsp3) is 0.562. The van der Waals surface area contributed by atoms with E-state index in [1.807, 2.05) is 24.8 Å². The first-order chi connectivity index (χ1) is 9.63. The zero-order chi connectivity index (χ0) is 14.5. The number of carbonyl (C=O) groups is 1. The number of nitrogens with zero attached hydrogens (tertiary/aromatic N) is 1. The van der Waals surface area contributed by atoms with Gasteiger partial charge in [-0.2, -0.15) is 0 Å². The van der Waals surface area contributed by atoms with Crippen LogP contribution in [-0.2, 0) is 16.1 Å². The highest BCUT2D eigenvalue weighted by atomic mass is 19.1. The molecule has 1 amide bonds. The van der Waals surface area contributed by atoms with Crippen LogP contribution >= 0.6 is 0 Å². The molecule has 0 saturated carbocycles. The Bertz CT molecular complexity index is 454. The molecule has 2 rings (SSSR count). The SMILES string of the molecule is CCC(CC)C(=O)N1CC(OCc2cccc(F)c2)C1. The van der Waals surface area contributed by atoms with E-state index in [9.17, 15) is 9.18 Å². The van der Waals surface area contributed by atoms with Crippen LogP contribution in [0.4, 0.5) is 4.39 Å². The fourth-order valence-corrected chi connectivity index (χ4v) is 2.46. The van der Waals surface area contributed by atoms with Crippen molar-refractivity contribution in [2.24, 2.45) is 5.92 Å². The van der Waals surface area contributed by atoms with Crippen molar-refractivity contribution in [3.63, 3.8) is 0 Å². The minimum atomic E-state index is -0.245. The van der Waals surface area contributed by atoms with Crippen LogP contribution in [0.3, 0.4) is 0 Å². The molecular formula is C16H22FNO2. The van der Waals surface area contributed by atoms with Gasteiger partial charge in [-0.05, 0) is 30.5 Å². The van der Waals surface area contributed by atoms with Gasteiger partial charge < -0.3 is 9.64 Å². The van der Waals surface area contributed by atoms with Crippen LogP contribution < -0.4 is 0 Å². The Labute approximate surface area is 119 Å². The third-order valence-electron chi connectivity index (χ3n) is 3.87. The molecule has 1 heterocycles. The van der Waals surface area contributed by atoms with E-state index in [0.717, 1.165) is 18.4 Å². The molecule has 0 unspecified atom stereocenters. The summed E-state index contributed by atoms with van der Waals surface area (Å²) in [6.45, 7) is 5.80. The lowest BCUT2D eigenvalue weighted by Crippen LogP contribution is -2.56. The molecule has 0 N–H and O–H groups in total. The van der Waals surface area contributed by atoms with Crippen LogP contribution in [0.2, 0.25) is 0 Å². The average molecular weight is 279 g/mol. The molecule has 20 heavy (non-hydrogen) atoms. The van der Waals surface area contributed by atoms with E-state index in [1.54, 1.807) is 6.07 Å². The highest BCUT2D eigenvalue weighted by molar-refractivity contribution is 5.79. The summed E-state index contributed by atoms with van der Waals surface area (Å²) in [6.07, 6.45) is 1.86. The van der Waals surface area contributed by atoms with Crippen LogP contribution in [0, 0.1) is 11.7 Å². The summed E-state index contributed by atoms with van der Waals surface area (Å²) >= 11 is 0. The van der Waals surface area contributed by atoms with Gasteiger partial charge >= 0.3 is 0 Å². The van der Waals surface area contributed by atoms with Crippen LogP contribution in [0.5, 0.6) is 0 Å². The van der Waals surface area contributed by atoms with E-state index in [4.69, 9.17) is 4.74 Å². The molecule has 0 bridgehead atoms. The van der Waals surface area contributed by atoms with Gasteiger partial charge in [-0.3, -0.25) is 4.79 Å². The van der Waals surface area contributed by atoms with Crippen molar-refractivity contribution in [1.29, 1.82) is 0 Å². The third-order valence-corrected chi connectivity index (χ3v) is 3.87. The van der Waals surface area contributed by atoms with E-state index in [2.05, 4.69) is 0 Å². The van der Waals surface area contributed by atoms with Gasteiger partial charge in [-0.15, -0.1) is 0 Å². The van der Waals surface area contributed by atoms with Gasteiger partial charge in [0.2, 0.25) is 5.91 Å². The molecule has 1 fully saturated rings. The third kappa shape index (κ3) is 3.57. The Morgan fingerprint density at radius 2 is 2.10 bits per heavy atom. The largest absolute Gasteiger partial charge is 0.370 e. The number of likely N-dealkylation sites (tertiary alicyclic amines) is 1. The van der Waals surface area contributed by atoms with Crippen molar-refractivity contribution >= 4 is 5.91 Å². The summed E-state index contributed by atoms with van der Waals surface area (Å²) < 4.78 is 18.7. The molecule has 3 nitrogen and oxygen atoms in total. The lowest BCUT2D eigenvalue weighted by molar-refractivity contribution is -0.150. The molecule has 0 atom stereocenters. The summed E-state index contributed by atoms with van der Waals surface area (Å²) in [6, 6.07) is 6.42. The smallest absolute Gasteiger partial charge is 0.225 e. The van der Waals surface area contributed by atoms with Gasteiger partial charge in [-0.25, -0.2) is 4.39 Å². The lowest BCUT2D eigenvalue weighted by Gasteiger charge is -2.40. The normalized spacial score (nSPS) is 15.5. The van der Waals surface area contributed by atoms with Crippen molar-refractivity contribution in [3.05, 3.63) is 35.6 Å². The second kappa shape index (κ2) is 6.84. The molecule has 0 aliphatic carbocycles. The van der Waals surface area contributed by atoms with Crippen molar-refractivity contribution in [2.75, 3.05) is 13.1 Å². The van der Waals surface area contributed by atoms with Crippen molar-refractivity contribution in [3.8, 4) is 0 Å². The van der Waals surface area contributed by atoms with Crippen LogP contribution in [0.1, 0.15) is 32.3 Å². The van der Waals surface area contributed by atoms with Crippen molar-refractivity contribution in [1.82, 2.24) is 4.90 Å². The molecule has 1 aliphatic heterocycles. The lowest BCUT2D eigenvalue weighted by atomic mass is 9.99. The predicted octanol–water partition coefficient (Wildman–Crippen LogP) is 2.99. The fourth-order valence-electron chi connectivity index (χ4n) is 2.46. The molecule has 1 aromatic rings. The van der Waals surface area contributed by atoms with Gasteiger partial charge in [0.15, 0.2) is 0 Å². The van der Waals surface area contributed by atoms with Crippen molar-refractivity contribution in [2.45, 2.75) is 39.4 Å². The van der Waals surface area contributed by atoms with Crippen LogP contribution in [-0.4, -0.2) is 30.0 Å². The van der Waals surface area contributed by atoms with Gasteiger partial charge in [0.05, 0.1) is 12.7 Å². The molecule has 1 aliphatic rings. The van der Waals surface area contributed by atoms with Crippen LogP contribution in [0.25, 0.3) is 0 Å². The highest BCUT2D eigenvalue weighted by Crippen LogP contribution is 2.20. The number of ether oxygens (including phenoxy) is 1. The molecule has 0 spiro atoms.